The second kappa shape index (κ2) is 7.34. The fourth-order valence-electron chi connectivity index (χ4n) is 2.02. The summed E-state index contributed by atoms with van der Waals surface area (Å²) in [6.07, 6.45) is 3.65. The molecule has 1 heterocycles. The Balaban J connectivity index is 2.62. The number of nitrogens with one attached hydrogen (secondary N) is 1. The lowest BCUT2D eigenvalue weighted by atomic mass is 10.1. The van der Waals surface area contributed by atoms with Crippen LogP contribution in [-0.2, 0) is 6.54 Å². The van der Waals surface area contributed by atoms with Crippen LogP contribution in [0.4, 0.5) is 0 Å². The molecule has 1 aromatic heterocycles. The van der Waals surface area contributed by atoms with Gasteiger partial charge in [0.05, 0.1) is 12.8 Å². The van der Waals surface area contributed by atoms with E-state index in [4.69, 9.17) is 9.84 Å². The van der Waals surface area contributed by atoms with E-state index in [-0.39, 0.29) is 6.61 Å². The van der Waals surface area contributed by atoms with Gasteiger partial charge in [0, 0.05) is 36.5 Å². The second-order valence-corrected chi connectivity index (χ2v) is 4.69. The van der Waals surface area contributed by atoms with E-state index in [1.54, 1.807) is 7.11 Å². The van der Waals surface area contributed by atoms with Crippen LogP contribution in [0.1, 0.15) is 36.6 Å². The summed E-state index contributed by atoms with van der Waals surface area (Å²) in [5.74, 6) is 0.921. The van der Waals surface area contributed by atoms with E-state index in [1.165, 1.54) is 0 Å². The lowest BCUT2D eigenvalue weighted by molar-refractivity contribution is 0.276. The highest BCUT2D eigenvalue weighted by molar-refractivity contribution is 5.40. The van der Waals surface area contributed by atoms with Crippen molar-refractivity contribution >= 4 is 0 Å². The quantitative estimate of drug-likeness (QED) is 0.779. The summed E-state index contributed by atoms with van der Waals surface area (Å²) >= 11 is 0. The zero-order valence-corrected chi connectivity index (χ0v) is 11.8. The molecule has 0 spiro atoms. The van der Waals surface area contributed by atoms with Gasteiger partial charge in [0.1, 0.15) is 5.75 Å². The summed E-state index contributed by atoms with van der Waals surface area (Å²) in [6.45, 7) is 7.14. The van der Waals surface area contributed by atoms with Crippen molar-refractivity contribution in [2.45, 2.75) is 46.2 Å². The van der Waals surface area contributed by atoms with E-state index in [0.717, 1.165) is 42.0 Å². The van der Waals surface area contributed by atoms with E-state index in [2.05, 4.69) is 17.2 Å². The molecule has 0 aliphatic heterocycles. The number of aliphatic hydroxyl groups is 1. The molecule has 2 N–H and O–H groups in total. The Kier molecular flexibility index (Phi) is 6.09. The fourth-order valence-corrected chi connectivity index (χ4v) is 2.02. The van der Waals surface area contributed by atoms with Crippen molar-refractivity contribution < 1.29 is 9.84 Å². The number of aryl methyl sites for hydroxylation is 1. The van der Waals surface area contributed by atoms with E-state index in [9.17, 15) is 0 Å². The van der Waals surface area contributed by atoms with Crippen molar-refractivity contribution in [3.05, 3.63) is 23.0 Å². The number of ether oxygens (including phenoxy) is 1. The Hall–Kier alpha value is -1.13. The van der Waals surface area contributed by atoms with Crippen LogP contribution >= 0.6 is 0 Å². The highest BCUT2D eigenvalue weighted by Crippen LogP contribution is 2.23. The number of hydrogen-bond acceptors (Lipinski definition) is 4. The summed E-state index contributed by atoms with van der Waals surface area (Å²) in [6, 6.07) is 0.380. The van der Waals surface area contributed by atoms with Gasteiger partial charge in [-0.3, -0.25) is 4.98 Å². The van der Waals surface area contributed by atoms with Crippen molar-refractivity contribution in [1.82, 2.24) is 10.3 Å². The molecule has 1 atom stereocenters. The molecule has 18 heavy (non-hydrogen) atoms. The molecule has 4 heteroatoms. The predicted octanol–water partition coefficient (Wildman–Crippen LogP) is 1.96. The fraction of sp³-hybridized carbons (Fsp3) is 0.643. The van der Waals surface area contributed by atoms with Crippen LogP contribution in [0.25, 0.3) is 0 Å². The van der Waals surface area contributed by atoms with Crippen LogP contribution in [0.3, 0.4) is 0 Å². The maximum absolute atomic E-state index is 8.79. The van der Waals surface area contributed by atoms with Crippen LogP contribution in [0.5, 0.6) is 5.75 Å². The molecule has 0 aliphatic rings. The van der Waals surface area contributed by atoms with E-state index < -0.39 is 0 Å². The number of nitrogens with zero attached hydrogens (tertiary/aromatic N) is 1. The lowest BCUT2D eigenvalue weighted by Gasteiger charge is -2.16. The van der Waals surface area contributed by atoms with Crippen LogP contribution in [0.15, 0.2) is 6.20 Å². The first-order chi connectivity index (χ1) is 8.60. The molecule has 0 bridgehead atoms. The summed E-state index contributed by atoms with van der Waals surface area (Å²) in [7, 11) is 1.69. The van der Waals surface area contributed by atoms with Crippen molar-refractivity contribution in [2.75, 3.05) is 13.7 Å². The molecule has 4 nitrogen and oxygen atoms in total. The Morgan fingerprint density at radius 3 is 2.78 bits per heavy atom. The topological polar surface area (TPSA) is 54.4 Å². The van der Waals surface area contributed by atoms with Crippen molar-refractivity contribution in [2.24, 2.45) is 0 Å². The third kappa shape index (κ3) is 3.96. The molecule has 0 fully saturated rings. The largest absolute Gasteiger partial charge is 0.496 e. The van der Waals surface area contributed by atoms with Crippen LogP contribution in [0, 0.1) is 13.8 Å². The molecule has 1 unspecified atom stereocenters. The first-order valence-corrected chi connectivity index (χ1v) is 6.43. The van der Waals surface area contributed by atoms with Gasteiger partial charge in [-0.05, 0) is 33.6 Å². The Morgan fingerprint density at radius 1 is 1.44 bits per heavy atom. The van der Waals surface area contributed by atoms with E-state index >= 15 is 0 Å². The average Bonchev–Trinajstić information content (AvgIpc) is 2.36. The lowest BCUT2D eigenvalue weighted by Crippen LogP contribution is -2.26. The minimum Gasteiger partial charge on any atom is -0.496 e. The third-order valence-corrected chi connectivity index (χ3v) is 3.16. The number of aliphatic hydroxyl groups excluding tert-OH is 1. The third-order valence-electron chi connectivity index (χ3n) is 3.16. The molecule has 0 saturated heterocycles. The van der Waals surface area contributed by atoms with Gasteiger partial charge >= 0.3 is 0 Å². The Morgan fingerprint density at radius 2 is 2.17 bits per heavy atom. The van der Waals surface area contributed by atoms with E-state index in [1.807, 2.05) is 20.0 Å². The Labute approximate surface area is 109 Å². The van der Waals surface area contributed by atoms with Gasteiger partial charge in [0.25, 0.3) is 0 Å². The normalized spacial score (nSPS) is 12.5. The summed E-state index contributed by atoms with van der Waals surface area (Å²) in [5.41, 5.74) is 3.18. The maximum atomic E-state index is 8.79. The van der Waals surface area contributed by atoms with Crippen molar-refractivity contribution in [3.63, 3.8) is 0 Å². The van der Waals surface area contributed by atoms with Crippen LogP contribution in [-0.4, -0.2) is 29.8 Å². The molecule has 0 aromatic carbocycles. The first-order valence-electron chi connectivity index (χ1n) is 6.43. The molecular formula is C14H24N2O2. The monoisotopic (exact) mass is 252 g/mol. The second-order valence-electron chi connectivity index (χ2n) is 4.69. The molecule has 102 valence electrons. The summed E-state index contributed by atoms with van der Waals surface area (Å²) in [4.78, 5) is 4.45. The molecule has 0 saturated carbocycles. The van der Waals surface area contributed by atoms with Gasteiger partial charge in [-0.1, -0.05) is 0 Å². The molecule has 0 aliphatic carbocycles. The standard InChI is InChI=1S/C14H24N2O2/c1-10-8-16-13(12(3)14(10)18-4)9-15-11(2)6-5-7-17/h8,11,15,17H,5-7,9H2,1-4H3. The molecule has 0 amide bonds. The smallest absolute Gasteiger partial charge is 0.128 e. The highest BCUT2D eigenvalue weighted by atomic mass is 16.5. The number of hydrogen-bond donors (Lipinski definition) is 2. The van der Waals surface area contributed by atoms with Gasteiger partial charge < -0.3 is 15.2 Å². The average molecular weight is 252 g/mol. The molecule has 0 radical (unpaired) electrons. The number of pyridine rings is 1. The Bertz CT molecular complexity index is 380. The van der Waals surface area contributed by atoms with Crippen LogP contribution < -0.4 is 10.1 Å². The summed E-state index contributed by atoms with van der Waals surface area (Å²) < 4.78 is 5.39. The van der Waals surface area contributed by atoms with Crippen molar-refractivity contribution in [1.29, 1.82) is 0 Å². The van der Waals surface area contributed by atoms with Crippen molar-refractivity contribution in [3.8, 4) is 5.75 Å². The molecule has 1 aromatic rings. The SMILES string of the molecule is COc1c(C)cnc(CNC(C)CCCO)c1C. The zero-order valence-electron chi connectivity index (χ0n) is 11.8. The number of rotatable bonds is 7. The first kappa shape index (κ1) is 14.9. The maximum Gasteiger partial charge on any atom is 0.128 e. The predicted molar refractivity (Wildman–Crippen MR) is 72.9 cm³/mol. The highest BCUT2D eigenvalue weighted by Gasteiger charge is 2.10. The van der Waals surface area contributed by atoms with Gasteiger partial charge in [-0.15, -0.1) is 0 Å². The number of aromatic nitrogens is 1. The molecular weight excluding hydrogens is 228 g/mol. The van der Waals surface area contributed by atoms with E-state index in [0.29, 0.717) is 6.04 Å². The van der Waals surface area contributed by atoms with Gasteiger partial charge in [-0.25, -0.2) is 0 Å². The van der Waals surface area contributed by atoms with Gasteiger partial charge in [0.15, 0.2) is 0 Å². The minimum absolute atomic E-state index is 0.252. The van der Waals surface area contributed by atoms with Gasteiger partial charge in [-0.2, -0.15) is 0 Å². The van der Waals surface area contributed by atoms with Crippen LogP contribution in [0.2, 0.25) is 0 Å². The summed E-state index contributed by atoms with van der Waals surface area (Å²) in [5, 5.41) is 12.2. The molecule has 1 rings (SSSR count). The number of methoxy groups -OCH3 is 1. The minimum atomic E-state index is 0.252. The zero-order chi connectivity index (χ0) is 13.5. The van der Waals surface area contributed by atoms with Gasteiger partial charge in [0.2, 0.25) is 0 Å².